The van der Waals surface area contributed by atoms with Gasteiger partial charge in [-0.05, 0) is 51.4 Å². The Kier molecular flexibility index (Phi) is 2.91. The Morgan fingerprint density at radius 2 is 1.17 bits per heavy atom. The molecule has 0 aromatic carbocycles. The van der Waals surface area contributed by atoms with Gasteiger partial charge < -0.3 is 11.5 Å². The molecular weight excluding hydrogens is 228 g/mol. The zero-order valence-corrected chi connectivity index (χ0v) is 11.0. The highest BCUT2D eigenvalue weighted by molar-refractivity contribution is 5.89. The summed E-state index contributed by atoms with van der Waals surface area (Å²) >= 11 is 0. The van der Waals surface area contributed by atoms with Gasteiger partial charge in [0.1, 0.15) is 22.7 Å². The van der Waals surface area contributed by atoms with Gasteiger partial charge in [-0.15, -0.1) is 0 Å². The summed E-state index contributed by atoms with van der Waals surface area (Å²) in [5, 5.41) is 24.0. The van der Waals surface area contributed by atoms with E-state index in [9.17, 15) is 0 Å². The van der Waals surface area contributed by atoms with Gasteiger partial charge in [0.05, 0.1) is 0 Å². The first-order valence-electron chi connectivity index (χ1n) is 6.43. The lowest BCUT2D eigenvalue weighted by Gasteiger charge is -2.27. The fourth-order valence-electron chi connectivity index (χ4n) is 2.21. The Labute approximate surface area is 107 Å². The molecule has 2 aliphatic carbocycles. The standard InChI is InChI=1S/C12H22N6/c1-11(9(13)14,7-3-4-7)17-18-12(2,10(15)16)8-5-6-8/h7-8H,3-6H2,1-2H3,(H3,13,14)(H3,15,16). The lowest BCUT2D eigenvalue weighted by Crippen LogP contribution is -2.44. The summed E-state index contributed by atoms with van der Waals surface area (Å²) in [6, 6.07) is 0. The Bertz CT molecular complexity index is 371. The SMILES string of the molecule is CC(N=NC(C)(C(=N)N)C1CC1)(C(=N)N)C1CC1. The molecular formula is C12H22N6. The predicted molar refractivity (Wildman–Crippen MR) is 70.9 cm³/mol. The van der Waals surface area contributed by atoms with Crippen molar-refractivity contribution in [2.75, 3.05) is 0 Å². The third-order valence-corrected chi connectivity index (χ3v) is 4.30. The minimum absolute atomic E-state index is 0.0513. The molecule has 0 amide bonds. The van der Waals surface area contributed by atoms with Crippen molar-refractivity contribution in [2.24, 2.45) is 33.5 Å². The summed E-state index contributed by atoms with van der Waals surface area (Å²) in [5.41, 5.74) is 9.87. The Morgan fingerprint density at radius 3 is 1.33 bits per heavy atom. The number of azo groups is 1. The van der Waals surface area contributed by atoms with Crippen molar-refractivity contribution in [3.05, 3.63) is 0 Å². The van der Waals surface area contributed by atoms with E-state index in [-0.39, 0.29) is 11.7 Å². The Morgan fingerprint density at radius 1 is 0.889 bits per heavy atom. The predicted octanol–water partition coefficient (Wildman–Crippen LogP) is 1.65. The summed E-state index contributed by atoms with van der Waals surface area (Å²) in [6.07, 6.45) is 4.15. The normalized spacial score (nSPS) is 26.6. The molecule has 0 aromatic rings. The number of nitrogens with two attached hydrogens (primary N) is 2. The molecule has 18 heavy (non-hydrogen) atoms. The molecule has 6 nitrogen and oxygen atoms in total. The van der Waals surface area contributed by atoms with Gasteiger partial charge in [0.2, 0.25) is 0 Å². The molecule has 2 fully saturated rings. The maximum atomic E-state index is 7.70. The van der Waals surface area contributed by atoms with Crippen LogP contribution in [0.15, 0.2) is 10.2 Å². The highest BCUT2D eigenvalue weighted by atomic mass is 15.2. The number of hydrogen-bond donors (Lipinski definition) is 4. The number of amidine groups is 2. The molecule has 2 atom stereocenters. The maximum Gasteiger partial charge on any atom is 0.138 e. The van der Waals surface area contributed by atoms with E-state index >= 15 is 0 Å². The van der Waals surface area contributed by atoms with Crippen molar-refractivity contribution in [3.8, 4) is 0 Å². The first-order chi connectivity index (χ1) is 8.30. The monoisotopic (exact) mass is 250 g/mol. The lowest BCUT2D eigenvalue weighted by molar-refractivity contribution is 0.443. The fraction of sp³-hybridized carbons (Fsp3) is 0.833. The number of rotatable bonds is 6. The molecule has 2 rings (SSSR count). The van der Waals surface area contributed by atoms with Crippen molar-refractivity contribution in [1.82, 2.24) is 0 Å². The molecule has 0 spiro atoms. The molecule has 0 saturated heterocycles. The van der Waals surface area contributed by atoms with E-state index < -0.39 is 11.1 Å². The van der Waals surface area contributed by atoms with Gasteiger partial charge in [-0.25, -0.2) is 0 Å². The zero-order valence-electron chi connectivity index (χ0n) is 11.0. The van der Waals surface area contributed by atoms with Crippen molar-refractivity contribution in [2.45, 2.75) is 50.6 Å². The van der Waals surface area contributed by atoms with E-state index in [1.165, 1.54) is 0 Å². The zero-order chi connectivity index (χ0) is 13.6. The molecule has 6 N–H and O–H groups in total. The minimum Gasteiger partial charge on any atom is -0.386 e. The van der Waals surface area contributed by atoms with Crippen LogP contribution in [0.2, 0.25) is 0 Å². The first-order valence-corrected chi connectivity index (χ1v) is 6.43. The molecule has 0 heterocycles. The largest absolute Gasteiger partial charge is 0.386 e. The van der Waals surface area contributed by atoms with Crippen LogP contribution in [0.3, 0.4) is 0 Å². The van der Waals surface area contributed by atoms with Gasteiger partial charge in [0, 0.05) is 0 Å². The lowest BCUT2D eigenvalue weighted by atomic mass is 9.94. The van der Waals surface area contributed by atoms with Crippen LogP contribution in [0.25, 0.3) is 0 Å². The smallest absolute Gasteiger partial charge is 0.138 e. The van der Waals surface area contributed by atoms with Gasteiger partial charge in [-0.3, -0.25) is 10.8 Å². The molecule has 0 radical (unpaired) electrons. The second-order valence-corrected chi connectivity index (χ2v) is 5.87. The van der Waals surface area contributed by atoms with E-state index in [2.05, 4.69) is 10.2 Å². The third kappa shape index (κ3) is 2.11. The van der Waals surface area contributed by atoms with Gasteiger partial charge in [0.25, 0.3) is 0 Å². The van der Waals surface area contributed by atoms with Gasteiger partial charge in [-0.1, -0.05) is 0 Å². The number of nitrogens with one attached hydrogen (secondary N) is 2. The van der Waals surface area contributed by atoms with Gasteiger partial charge in [0.15, 0.2) is 0 Å². The fourth-order valence-corrected chi connectivity index (χ4v) is 2.21. The van der Waals surface area contributed by atoms with Crippen LogP contribution in [0.5, 0.6) is 0 Å². The highest BCUT2D eigenvalue weighted by Crippen LogP contribution is 2.45. The summed E-state index contributed by atoms with van der Waals surface area (Å²) in [4.78, 5) is 0. The molecule has 2 unspecified atom stereocenters. The van der Waals surface area contributed by atoms with Crippen LogP contribution in [-0.4, -0.2) is 22.7 Å². The second-order valence-electron chi connectivity index (χ2n) is 5.87. The summed E-state index contributed by atoms with van der Waals surface area (Å²) in [6.45, 7) is 3.70. The molecule has 0 bridgehead atoms. The Hall–Kier alpha value is -1.46. The van der Waals surface area contributed by atoms with Crippen LogP contribution in [-0.2, 0) is 0 Å². The van der Waals surface area contributed by atoms with Crippen molar-refractivity contribution in [3.63, 3.8) is 0 Å². The van der Waals surface area contributed by atoms with Crippen molar-refractivity contribution in [1.29, 1.82) is 10.8 Å². The van der Waals surface area contributed by atoms with E-state index in [0.29, 0.717) is 11.8 Å². The number of hydrogen-bond acceptors (Lipinski definition) is 4. The molecule has 6 heteroatoms. The minimum atomic E-state index is -0.717. The van der Waals surface area contributed by atoms with Gasteiger partial charge >= 0.3 is 0 Å². The average molecular weight is 250 g/mol. The Balaban J connectivity index is 2.21. The summed E-state index contributed by atoms with van der Waals surface area (Å²) < 4.78 is 0. The maximum absolute atomic E-state index is 7.70. The molecule has 100 valence electrons. The van der Waals surface area contributed by atoms with Crippen LogP contribution >= 0.6 is 0 Å². The van der Waals surface area contributed by atoms with E-state index in [4.69, 9.17) is 22.3 Å². The van der Waals surface area contributed by atoms with E-state index in [1.807, 2.05) is 13.8 Å². The van der Waals surface area contributed by atoms with Crippen molar-refractivity contribution >= 4 is 11.7 Å². The molecule has 2 aliphatic rings. The van der Waals surface area contributed by atoms with Crippen LogP contribution < -0.4 is 11.5 Å². The van der Waals surface area contributed by atoms with E-state index in [1.54, 1.807) is 0 Å². The van der Waals surface area contributed by atoms with Crippen molar-refractivity contribution < 1.29 is 0 Å². The molecule has 0 aliphatic heterocycles. The summed E-state index contributed by atoms with van der Waals surface area (Å²) in [7, 11) is 0. The molecule has 2 saturated carbocycles. The average Bonchev–Trinajstić information content (AvgIpc) is 3.17. The quantitative estimate of drug-likeness (QED) is 0.325. The highest BCUT2D eigenvalue weighted by Gasteiger charge is 2.48. The van der Waals surface area contributed by atoms with Gasteiger partial charge in [-0.2, -0.15) is 10.2 Å². The van der Waals surface area contributed by atoms with Crippen LogP contribution in [0, 0.1) is 22.7 Å². The number of nitrogens with zero attached hydrogens (tertiary/aromatic N) is 2. The van der Waals surface area contributed by atoms with Crippen LogP contribution in [0.4, 0.5) is 0 Å². The summed E-state index contributed by atoms with van der Waals surface area (Å²) in [5.74, 6) is 0.731. The second kappa shape index (κ2) is 4.03. The topological polar surface area (TPSA) is 124 Å². The first kappa shape index (κ1) is 13.0. The molecule has 0 aromatic heterocycles. The third-order valence-electron chi connectivity index (χ3n) is 4.30. The van der Waals surface area contributed by atoms with Crippen LogP contribution in [0.1, 0.15) is 39.5 Å². The van der Waals surface area contributed by atoms with E-state index in [0.717, 1.165) is 25.7 Å².